The first-order valence-electron chi connectivity index (χ1n) is 7.23. The highest BCUT2D eigenvalue weighted by Gasteiger charge is 2.18. The van der Waals surface area contributed by atoms with Gasteiger partial charge in [-0.25, -0.2) is 0 Å². The van der Waals surface area contributed by atoms with Gasteiger partial charge in [0.15, 0.2) is 0 Å². The Bertz CT molecular complexity index is 419. The lowest BCUT2D eigenvalue weighted by atomic mass is 9.99. The molecule has 0 spiro atoms. The Kier molecular flexibility index (Phi) is 4.97. The van der Waals surface area contributed by atoms with Crippen molar-refractivity contribution in [2.24, 2.45) is 5.73 Å². The highest BCUT2D eigenvalue weighted by molar-refractivity contribution is 5.33. The van der Waals surface area contributed by atoms with Crippen LogP contribution in [-0.4, -0.2) is 37.2 Å². The summed E-state index contributed by atoms with van der Waals surface area (Å²) >= 11 is 0. The predicted molar refractivity (Wildman–Crippen MR) is 79.3 cm³/mol. The van der Waals surface area contributed by atoms with Gasteiger partial charge in [-0.1, -0.05) is 23.8 Å². The van der Waals surface area contributed by atoms with E-state index in [1.54, 1.807) is 0 Å². The van der Waals surface area contributed by atoms with Crippen LogP contribution in [0.4, 0.5) is 0 Å². The highest BCUT2D eigenvalue weighted by atomic mass is 16.5. The number of aryl methyl sites for hydroxylation is 2. The Morgan fingerprint density at radius 3 is 3.00 bits per heavy atom. The third-order valence-electron chi connectivity index (χ3n) is 3.83. The van der Waals surface area contributed by atoms with Crippen molar-refractivity contribution in [2.45, 2.75) is 39.3 Å². The molecule has 1 aromatic rings. The van der Waals surface area contributed by atoms with Crippen LogP contribution in [0.3, 0.4) is 0 Å². The predicted octanol–water partition coefficient (Wildman–Crippen LogP) is 2.41. The third kappa shape index (κ3) is 4.03. The smallest absolute Gasteiger partial charge is 0.0673 e. The van der Waals surface area contributed by atoms with E-state index in [4.69, 9.17) is 10.5 Å². The summed E-state index contributed by atoms with van der Waals surface area (Å²) in [4.78, 5) is 2.43. The van der Waals surface area contributed by atoms with Crippen LogP contribution in [0.2, 0.25) is 0 Å². The molecule has 106 valence electrons. The molecule has 2 atom stereocenters. The highest BCUT2D eigenvalue weighted by Crippen LogP contribution is 2.19. The van der Waals surface area contributed by atoms with Gasteiger partial charge in [0.1, 0.15) is 0 Å². The maximum absolute atomic E-state index is 6.41. The van der Waals surface area contributed by atoms with Crippen LogP contribution in [0.25, 0.3) is 0 Å². The van der Waals surface area contributed by atoms with Crippen LogP contribution < -0.4 is 5.73 Å². The van der Waals surface area contributed by atoms with Gasteiger partial charge in [-0.2, -0.15) is 0 Å². The molecule has 0 saturated carbocycles. The fraction of sp³-hybridized carbons (Fsp3) is 0.625. The van der Waals surface area contributed by atoms with E-state index in [9.17, 15) is 0 Å². The average Bonchev–Trinajstić information content (AvgIpc) is 2.56. The zero-order valence-electron chi connectivity index (χ0n) is 12.4. The van der Waals surface area contributed by atoms with Gasteiger partial charge < -0.3 is 10.5 Å². The van der Waals surface area contributed by atoms with E-state index in [2.05, 4.69) is 43.9 Å². The first kappa shape index (κ1) is 14.5. The number of rotatable bonds is 3. The van der Waals surface area contributed by atoms with Crippen LogP contribution in [0.5, 0.6) is 0 Å². The van der Waals surface area contributed by atoms with Crippen molar-refractivity contribution in [1.82, 2.24) is 4.90 Å². The molecule has 0 aromatic heterocycles. The summed E-state index contributed by atoms with van der Waals surface area (Å²) in [6.45, 7) is 10.3. The molecule has 2 rings (SSSR count). The van der Waals surface area contributed by atoms with E-state index in [0.717, 1.165) is 32.7 Å². The lowest BCUT2D eigenvalue weighted by Crippen LogP contribution is -2.36. The minimum absolute atomic E-state index is 0.0881. The SMILES string of the molecule is Cc1ccc(C)c(C(N)CN2CCCOC(C)C2)c1. The van der Waals surface area contributed by atoms with Crippen molar-refractivity contribution in [3.63, 3.8) is 0 Å². The first-order chi connectivity index (χ1) is 9.06. The van der Waals surface area contributed by atoms with E-state index < -0.39 is 0 Å². The van der Waals surface area contributed by atoms with Crippen molar-refractivity contribution in [1.29, 1.82) is 0 Å². The van der Waals surface area contributed by atoms with Gasteiger partial charge in [0, 0.05) is 32.3 Å². The van der Waals surface area contributed by atoms with E-state index in [0.29, 0.717) is 6.10 Å². The molecule has 3 heteroatoms. The molecule has 1 aliphatic heterocycles. The van der Waals surface area contributed by atoms with E-state index in [1.165, 1.54) is 16.7 Å². The van der Waals surface area contributed by atoms with Gasteiger partial charge in [0.2, 0.25) is 0 Å². The van der Waals surface area contributed by atoms with Gasteiger partial charge in [0.25, 0.3) is 0 Å². The maximum atomic E-state index is 6.41. The Morgan fingerprint density at radius 1 is 1.42 bits per heavy atom. The van der Waals surface area contributed by atoms with Crippen LogP contribution in [0.1, 0.15) is 36.1 Å². The molecule has 2 N–H and O–H groups in total. The van der Waals surface area contributed by atoms with Crippen LogP contribution in [0.15, 0.2) is 18.2 Å². The number of benzene rings is 1. The van der Waals surface area contributed by atoms with E-state index >= 15 is 0 Å². The molecular formula is C16H26N2O. The molecule has 19 heavy (non-hydrogen) atoms. The minimum Gasteiger partial charge on any atom is -0.377 e. The Morgan fingerprint density at radius 2 is 2.21 bits per heavy atom. The molecule has 0 bridgehead atoms. The van der Waals surface area contributed by atoms with E-state index in [1.807, 2.05) is 0 Å². The van der Waals surface area contributed by atoms with Crippen LogP contribution >= 0.6 is 0 Å². The Balaban J connectivity index is 2.03. The molecule has 1 aliphatic rings. The summed E-state index contributed by atoms with van der Waals surface area (Å²) in [5.41, 5.74) is 10.3. The second-order valence-electron chi connectivity index (χ2n) is 5.76. The second kappa shape index (κ2) is 6.51. The van der Waals surface area contributed by atoms with Crippen molar-refractivity contribution >= 4 is 0 Å². The molecule has 0 amide bonds. The Labute approximate surface area is 116 Å². The molecular weight excluding hydrogens is 236 g/mol. The summed E-state index contributed by atoms with van der Waals surface area (Å²) < 4.78 is 5.68. The summed E-state index contributed by atoms with van der Waals surface area (Å²) in [6.07, 6.45) is 1.41. The largest absolute Gasteiger partial charge is 0.377 e. The number of nitrogens with zero attached hydrogens (tertiary/aromatic N) is 1. The number of hydrogen-bond acceptors (Lipinski definition) is 3. The zero-order chi connectivity index (χ0) is 13.8. The van der Waals surface area contributed by atoms with Gasteiger partial charge in [0.05, 0.1) is 6.10 Å². The maximum Gasteiger partial charge on any atom is 0.0673 e. The van der Waals surface area contributed by atoms with Crippen LogP contribution in [-0.2, 0) is 4.74 Å². The summed E-state index contributed by atoms with van der Waals surface area (Å²) in [7, 11) is 0. The normalized spacial score (nSPS) is 23.1. The van der Waals surface area contributed by atoms with Gasteiger partial charge >= 0.3 is 0 Å². The zero-order valence-corrected chi connectivity index (χ0v) is 12.4. The summed E-state index contributed by atoms with van der Waals surface area (Å²) in [6, 6.07) is 6.62. The second-order valence-corrected chi connectivity index (χ2v) is 5.76. The molecule has 1 saturated heterocycles. The van der Waals surface area contributed by atoms with Gasteiger partial charge in [-0.05, 0) is 38.3 Å². The van der Waals surface area contributed by atoms with E-state index in [-0.39, 0.29) is 6.04 Å². The average molecular weight is 262 g/mol. The fourth-order valence-corrected chi connectivity index (χ4v) is 2.78. The monoisotopic (exact) mass is 262 g/mol. The topological polar surface area (TPSA) is 38.5 Å². The minimum atomic E-state index is 0.0881. The lowest BCUT2D eigenvalue weighted by Gasteiger charge is -2.26. The number of hydrogen-bond donors (Lipinski definition) is 1. The molecule has 1 fully saturated rings. The molecule has 0 radical (unpaired) electrons. The van der Waals surface area contributed by atoms with Gasteiger partial charge in [-0.15, -0.1) is 0 Å². The molecule has 1 aromatic carbocycles. The third-order valence-corrected chi connectivity index (χ3v) is 3.83. The molecule has 0 aliphatic carbocycles. The standard InChI is InChI=1S/C16H26N2O/c1-12-5-6-13(2)15(9-12)16(17)11-18-7-4-8-19-14(3)10-18/h5-6,9,14,16H,4,7-8,10-11,17H2,1-3H3. The lowest BCUT2D eigenvalue weighted by molar-refractivity contribution is 0.0670. The molecule has 3 nitrogen and oxygen atoms in total. The Hall–Kier alpha value is -0.900. The summed E-state index contributed by atoms with van der Waals surface area (Å²) in [5.74, 6) is 0. The van der Waals surface area contributed by atoms with Crippen molar-refractivity contribution < 1.29 is 4.74 Å². The van der Waals surface area contributed by atoms with Gasteiger partial charge in [-0.3, -0.25) is 4.90 Å². The molecule has 1 heterocycles. The van der Waals surface area contributed by atoms with Crippen LogP contribution in [0, 0.1) is 13.8 Å². The molecule has 2 unspecified atom stereocenters. The van der Waals surface area contributed by atoms with Crippen molar-refractivity contribution in [2.75, 3.05) is 26.2 Å². The number of nitrogens with two attached hydrogens (primary N) is 1. The number of ether oxygens (including phenoxy) is 1. The first-order valence-corrected chi connectivity index (χ1v) is 7.23. The fourth-order valence-electron chi connectivity index (χ4n) is 2.78. The summed E-state index contributed by atoms with van der Waals surface area (Å²) in [5, 5.41) is 0. The van der Waals surface area contributed by atoms with Crippen molar-refractivity contribution in [3.05, 3.63) is 34.9 Å². The quantitative estimate of drug-likeness (QED) is 0.909. The van der Waals surface area contributed by atoms with Crippen molar-refractivity contribution in [3.8, 4) is 0 Å².